The Morgan fingerprint density at radius 2 is 0.939 bits per heavy atom. The van der Waals surface area contributed by atoms with Gasteiger partial charge in [0.1, 0.15) is 0 Å². The third kappa shape index (κ3) is 11.8. The van der Waals surface area contributed by atoms with Gasteiger partial charge in [-0.1, -0.05) is 12.1 Å². The average Bonchev–Trinajstić information content (AvgIpc) is 2.70. The van der Waals surface area contributed by atoms with Crippen LogP contribution < -0.4 is 5.73 Å². The Morgan fingerprint density at radius 1 is 0.636 bits per heavy atom. The van der Waals surface area contributed by atoms with Gasteiger partial charge in [-0.2, -0.15) is 0 Å². The molecule has 0 aliphatic carbocycles. The molecule has 1 aromatic carbocycles. The molecule has 0 unspecified atom stereocenters. The molecule has 33 heavy (non-hydrogen) atoms. The van der Waals surface area contributed by atoms with Gasteiger partial charge in [0.2, 0.25) is 0 Å². The Morgan fingerprint density at radius 3 is 1.24 bits per heavy atom. The molecule has 1 aliphatic heterocycles. The topological polar surface area (TPSA) is 151 Å². The van der Waals surface area contributed by atoms with Crippen LogP contribution in [0.15, 0.2) is 24.3 Å². The van der Waals surface area contributed by atoms with Crippen molar-refractivity contribution in [3.63, 3.8) is 0 Å². The highest BCUT2D eigenvalue weighted by molar-refractivity contribution is 5.85. The molecule has 11 nitrogen and oxygen atoms in total. The average molecular weight is 488 g/mol. The number of benzene rings is 1. The minimum atomic E-state index is -0.971. The highest BCUT2D eigenvalue weighted by atomic mass is 35.5. The van der Waals surface area contributed by atoms with Crippen molar-refractivity contribution >= 4 is 36.0 Å². The molecular formula is C21H34ClN5O6. The quantitative estimate of drug-likeness (QED) is 0.356. The van der Waals surface area contributed by atoms with Gasteiger partial charge >= 0.3 is 17.9 Å². The van der Waals surface area contributed by atoms with E-state index in [1.54, 1.807) is 4.90 Å². The molecule has 1 fully saturated rings. The molecule has 1 saturated heterocycles. The molecule has 0 spiro atoms. The number of carbonyl (C=O) groups is 3. The van der Waals surface area contributed by atoms with Gasteiger partial charge in [-0.05, 0) is 17.7 Å². The predicted molar refractivity (Wildman–Crippen MR) is 126 cm³/mol. The van der Waals surface area contributed by atoms with E-state index in [1.165, 1.54) is 0 Å². The summed E-state index contributed by atoms with van der Waals surface area (Å²) in [6.07, 6.45) is 0. The summed E-state index contributed by atoms with van der Waals surface area (Å²) in [5, 5.41) is 27.7. The second-order valence-corrected chi connectivity index (χ2v) is 8.03. The lowest BCUT2D eigenvalue weighted by Gasteiger charge is -2.33. The maximum atomic E-state index is 11.3. The number of hydrogen-bond donors (Lipinski definition) is 4. The minimum absolute atomic E-state index is 0. The van der Waals surface area contributed by atoms with Gasteiger partial charge in [-0.25, -0.2) is 0 Å². The summed E-state index contributed by atoms with van der Waals surface area (Å²) < 4.78 is 0. The van der Waals surface area contributed by atoms with Crippen molar-refractivity contribution in [3.8, 4) is 0 Å². The van der Waals surface area contributed by atoms with Crippen LogP contribution in [0.3, 0.4) is 0 Å². The van der Waals surface area contributed by atoms with Crippen molar-refractivity contribution in [2.75, 3.05) is 77.7 Å². The molecule has 1 aromatic rings. The van der Waals surface area contributed by atoms with Gasteiger partial charge < -0.3 is 21.1 Å². The molecule has 5 N–H and O–H groups in total. The van der Waals surface area contributed by atoms with Crippen LogP contribution in [0.25, 0.3) is 0 Å². The number of halogens is 1. The molecule has 0 saturated carbocycles. The number of nitrogen functional groups attached to an aromatic ring is 1. The number of anilines is 1. The van der Waals surface area contributed by atoms with Crippen LogP contribution in [0.2, 0.25) is 0 Å². The van der Waals surface area contributed by atoms with Gasteiger partial charge in [0.05, 0.1) is 19.6 Å². The molecule has 0 aromatic heterocycles. The molecule has 1 aliphatic rings. The third-order valence-electron chi connectivity index (χ3n) is 5.39. The standard InChI is InChI=1S/C21H33N5O6.ClH/c22-18-3-1-17(2-4-18)13-23-5-7-24(14-19(27)28)9-11-26(16-21(31)32)12-10-25(8-6-23)15-20(29)30;/h1-4H,5-16,22H2,(H,27,28)(H,29,30)(H,31,32);1H. The number of hydrogen-bond acceptors (Lipinski definition) is 8. The van der Waals surface area contributed by atoms with E-state index < -0.39 is 17.9 Å². The Hall–Kier alpha value is -2.44. The van der Waals surface area contributed by atoms with E-state index >= 15 is 0 Å². The highest BCUT2D eigenvalue weighted by Crippen LogP contribution is 2.10. The maximum Gasteiger partial charge on any atom is 0.317 e. The summed E-state index contributed by atoms with van der Waals surface area (Å²) in [6, 6.07) is 7.55. The normalized spacial score (nSPS) is 17.9. The lowest BCUT2D eigenvalue weighted by molar-refractivity contribution is -0.140. The first-order chi connectivity index (χ1) is 15.2. The van der Waals surface area contributed by atoms with E-state index in [-0.39, 0.29) is 32.0 Å². The lowest BCUT2D eigenvalue weighted by atomic mass is 10.2. The zero-order valence-electron chi connectivity index (χ0n) is 18.6. The van der Waals surface area contributed by atoms with E-state index in [2.05, 4.69) is 4.90 Å². The van der Waals surface area contributed by atoms with E-state index in [0.29, 0.717) is 64.6 Å². The summed E-state index contributed by atoms with van der Waals surface area (Å²) in [5.41, 5.74) is 7.51. The summed E-state index contributed by atoms with van der Waals surface area (Å²) in [7, 11) is 0. The van der Waals surface area contributed by atoms with Crippen LogP contribution in [-0.2, 0) is 20.9 Å². The van der Waals surface area contributed by atoms with Gasteiger partial charge in [0.15, 0.2) is 0 Å². The van der Waals surface area contributed by atoms with Crippen LogP contribution in [0.4, 0.5) is 5.69 Å². The first-order valence-corrected chi connectivity index (χ1v) is 10.6. The van der Waals surface area contributed by atoms with Gasteiger partial charge in [0.25, 0.3) is 0 Å². The summed E-state index contributed by atoms with van der Waals surface area (Å²) in [5.74, 6) is -2.83. The van der Waals surface area contributed by atoms with Crippen LogP contribution >= 0.6 is 12.4 Å². The molecule has 186 valence electrons. The molecule has 0 radical (unpaired) electrons. The summed E-state index contributed by atoms with van der Waals surface area (Å²) in [6.45, 7) is 4.00. The largest absolute Gasteiger partial charge is 0.480 e. The lowest BCUT2D eigenvalue weighted by Crippen LogP contribution is -2.48. The van der Waals surface area contributed by atoms with Gasteiger partial charge in [0, 0.05) is 64.6 Å². The van der Waals surface area contributed by atoms with Crippen LogP contribution in [-0.4, -0.2) is 125 Å². The van der Waals surface area contributed by atoms with Crippen molar-refractivity contribution in [2.24, 2.45) is 0 Å². The predicted octanol–water partition coefficient (Wildman–Crippen LogP) is -0.334. The Labute approximate surface area is 199 Å². The monoisotopic (exact) mass is 487 g/mol. The Balaban J connectivity index is 0.00000544. The van der Waals surface area contributed by atoms with Crippen molar-refractivity contribution < 1.29 is 29.7 Å². The maximum absolute atomic E-state index is 11.3. The van der Waals surface area contributed by atoms with E-state index in [1.807, 2.05) is 34.1 Å². The molecule has 1 heterocycles. The molecule has 12 heteroatoms. The molecule has 2 rings (SSSR count). The number of aliphatic carboxylic acids is 3. The molecule has 0 bridgehead atoms. The summed E-state index contributed by atoms with van der Waals surface area (Å²) in [4.78, 5) is 41.4. The fourth-order valence-electron chi connectivity index (χ4n) is 3.67. The summed E-state index contributed by atoms with van der Waals surface area (Å²) >= 11 is 0. The molecular weight excluding hydrogens is 454 g/mol. The molecule has 0 atom stereocenters. The number of rotatable bonds is 8. The van der Waals surface area contributed by atoms with E-state index in [0.717, 1.165) is 5.56 Å². The van der Waals surface area contributed by atoms with E-state index in [9.17, 15) is 29.7 Å². The second-order valence-electron chi connectivity index (χ2n) is 8.03. The van der Waals surface area contributed by atoms with Crippen molar-refractivity contribution in [3.05, 3.63) is 29.8 Å². The number of carboxylic acid groups (broad SMARTS) is 3. The van der Waals surface area contributed by atoms with Crippen LogP contribution in [0.1, 0.15) is 5.56 Å². The minimum Gasteiger partial charge on any atom is -0.480 e. The van der Waals surface area contributed by atoms with E-state index in [4.69, 9.17) is 5.73 Å². The zero-order valence-corrected chi connectivity index (χ0v) is 19.5. The van der Waals surface area contributed by atoms with Crippen molar-refractivity contribution in [1.82, 2.24) is 19.6 Å². The van der Waals surface area contributed by atoms with Crippen molar-refractivity contribution in [2.45, 2.75) is 6.54 Å². The molecule has 0 amide bonds. The number of nitrogens with two attached hydrogens (primary N) is 1. The smallest absolute Gasteiger partial charge is 0.317 e. The fraction of sp³-hybridized carbons (Fsp3) is 0.571. The second kappa shape index (κ2) is 14.7. The number of nitrogens with zero attached hydrogens (tertiary/aromatic N) is 4. The number of carboxylic acids is 3. The van der Waals surface area contributed by atoms with Gasteiger partial charge in [-0.15, -0.1) is 12.4 Å². The van der Waals surface area contributed by atoms with Crippen LogP contribution in [0.5, 0.6) is 0 Å². The fourth-order valence-corrected chi connectivity index (χ4v) is 3.67. The van der Waals surface area contributed by atoms with Gasteiger partial charge in [-0.3, -0.25) is 34.0 Å². The zero-order chi connectivity index (χ0) is 23.5. The van der Waals surface area contributed by atoms with Crippen LogP contribution in [0, 0.1) is 0 Å². The van der Waals surface area contributed by atoms with Crippen molar-refractivity contribution in [1.29, 1.82) is 0 Å². The Kier molecular flexibility index (Phi) is 12.7. The first kappa shape index (κ1) is 28.6. The third-order valence-corrected chi connectivity index (χ3v) is 5.39. The first-order valence-electron chi connectivity index (χ1n) is 10.6. The Bertz CT molecular complexity index is 734. The SMILES string of the molecule is Cl.Nc1ccc(CN2CCN(CC(=O)O)CCN(CC(=O)O)CCN(CC(=O)O)CC2)cc1. The highest BCUT2D eigenvalue weighted by Gasteiger charge is 2.20.